The molecule has 0 amide bonds. The Hall–Kier alpha value is -1.99. The van der Waals surface area contributed by atoms with Crippen molar-refractivity contribution < 1.29 is 36.3 Å². The Balaban J connectivity index is 2.82. The molecule has 0 N–H and O–H groups in total. The summed E-state index contributed by atoms with van der Waals surface area (Å²) in [4.78, 5) is 22.4. The fourth-order valence-electron chi connectivity index (χ4n) is 1.29. The maximum Gasteiger partial charge on any atom is 0.461 e. The maximum atomic E-state index is 12.7. The van der Waals surface area contributed by atoms with Crippen LogP contribution in [0.25, 0.3) is 0 Å². The van der Waals surface area contributed by atoms with Gasteiger partial charge in [-0.2, -0.15) is 22.0 Å². The van der Waals surface area contributed by atoms with Gasteiger partial charge in [0.25, 0.3) is 0 Å². The fourth-order valence-corrected chi connectivity index (χ4v) is 1.29. The van der Waals surface area contributed by atoms with Crippen molar-refractivity contribution in [3.8, 4) is 5.75 Å². The highest BCUT2D eigenvalue weighted by molar-refractivity contribution is 6.10. The van der Waals surface area contributed by atoms with Crippen LogP contribution in [0.1, 0.15) is 16.8 Å². The number of Topliss-reactive ketones (excluding diaryl/α,β-unsaturated/α-hetero) is 2. The molecule has 0 radical (unpaired) electrons. The summed E-state index contributed by atoms with van der Waals surface area (Å²) < 4.78 is 65.9. The smallest absolute Gasteiger partial charge is 0.461 e. The maximum absolute atomic E-state index is 12.7. The van der Waals surface area contributed by atoms with Crippen molar-refractivity contribution in [1.82, 2.24) is 0 Å². The number of carbonyl (C=O) groups is 2. The lowest BCUT2D eigenvalue weighted by Crippen LogP contribution is -2.44. The van der Waals surface area contributed by atoms with Gasteiger partial charge in [0, 0.05) is 5.56 Å². The first-order chi connectivity index (χ1) is 9.09. The molecule has 0 saturated heterocycles. The summed E-state index contributed by atoms with van der Waals surface area (Å²) in [6, 6.07) is 4.97. The van der Waals surface area contributed by atoms with E-state index in [2.05, 4.69) is 0 Å². The molecule has 0 aliphatic carbocycles. The second-order valence-electron chi connectivity index (χ2n) is 3.82. The molecule has 0 atom stereocenters. The summed E-state index contributed by atoms with van der Waals surface area (Å²) >= 11 is 0. The van der Waals surface area contributed by atoms with Crippen LogP contribution in [-0.4, -0.2) is 30.8 Å². The molecule has 0 heterocycles. The van der Waals surface area contributed by atoms with Crippen LogP contribution in [0.15, 0.2) is 24.3 Å². The van der Waals surface area contributed by atoms with Gasteiger partial charge < -0.3 is 4.74 Å². The first kappa shape index (κ1) is 16.1. The van der Waals surface area contributed by atoms with Gasteiger partial charge in [0.05, 0.1) is 13.5 Å². The number of hydrogen-bond acceptors (Lipinski definition) is 3. The van der Waals surface area contributed by atoms with Gasteiger partial charge in [-0.1, -0.05) is 0 Å². The van der Waals surface area contributed by atoms with Gasteiger partial charge in [-0.25, -0.2) is 0 Å². The summed E-state index contributed by atoms with van der Waals surface area (Å²) in [7, 11) is 1.35. The minimum Gasteiger partial charge on any atom is -0.497 e. The Labute approximate surface area is 110 Å². The highest BCUT2D eigenvalue weighted by atomic mass is 19.4. The van der Waals surface area contributed by atoms with E-state index >= 15 is 0 Å². The standard InChI is InChI=1S/C12H9F5O3/c1-20-8-4-2-7(3-5-8)9(18)6-10(19)11(13,14)12(15,16)17/h2-5H,6H2,1H3. The van der Waals surface area contributed by atoms with Crippen LogP contribution in [0.3, 0.4) is 0 Å². The number of carbonyl (C=O) groups excluding carboxylic acids is 2. The first-order valence-corrected chi connectivity index (χ1v) is 5.24. The van der Waals surface area contributed by atoms with Crippen molar-refractivity contribution in [3.63, 3.8) is 0 Å². The summed E-state index contributed by atoms with van der Waals surface area (Å²) in [5, 5.41) is 0. The van der Waals surface area contributed by atoms with Gasteiger partial charge in [0.1, 0.15) is 5.75 Å². The fraction of sp³-hybridized carbons (Fsp3) is 0.333. The van der Waals surface area contributed by atoms with Crippen LogP contribution in [0.4, 0.5) is 22.0 Å². The molecule has 1 aromatic carbocycles. The predicted molar refractivity (Wildman–Crippen MR) is 58.0 cm³/mol. The Kier molecular flexibility index (Phi) is 4.46. The SMILES string of the molecule is COc1ccc(C(=O)CC(=O)C(F)(F)C(F)(F)F)cc1. The van der Waals surface area contributed by atoms with Crippen LogP contribution >= 0.6 is 0 Å². The van der Waals surface area contributed by atoms with Gasteiger partial charge in [0.2, 0.25) is 5.78 Å². The Morgan fingerprint density at radius 1 is 1.05 bits per heavy atom. The monoisotopic (exact) mass is 296 g/mol. The average Bonchev–Trinajstić information content (AvgIpc) is 2.37. The number of ether oxygens (including phenoxy) is 1. The van der Waals surface area contributed by atoms with E-state index in [1.165, 1.54) is 31.4 Å². The van der Waals surface area contributed by atoms with Gasteiger partial charge in [-0.05, 0) is 24.3 Å². The van der Waals surface area contributed by atoms with E-state index in [-0.39, 0.29) is 5.56 Å². The normalized spacial score (nSPS) is 12.1. The molecule has 0 unspecified atom stereocenters. The molecule has 0 aliphatic rings. The molecule has 0 aliphatic heterocycles. The molecule has 8 heteroatoms. The third-order valence-electron chi connectivity index (χ3n) is 2.44. The van der Waals surface area contributed by atoms with Crippen molar-refractivity contribution in [2.24, 2.45) is 0 Å². The molecular weight excluding hydrogens is 287 g/mol. The molecule has 0 saturated carbocycles. The zero-order valence-electron chi connectivity index (χ0n) is 10.1. The van der Waals surface area contributed by atoms with Gasteiger partial charge >= 0.3 is 12.1 Å². The third-order valence-corrected chi connectivity index (χ3v) is 2.44. The third kappa shape index (κ3) is 3.31. The lowest BCUT2D eigenvalue weighted by atomic mass is 10.0. The van der Waals surface area contributed by atoms with Crippen molar-refractivity contribution in [2.45, 2.75) is 18.5 Å². The second kappa shape index (κ2) is 5.56. The van der Waals surface area contributed by atoms with Crippen LogP contribution in [-0.2, 0) is 4.79 Å². The molecule has 0 aromatic heterocycles. The van der Waals surface area contributed by atoms with E-state index in [1.807, 2.05) is 0 Å². The molecule has 3 nitrogen and oxygen atoms in total. The highest BCUT2D eigenvalue weighted by Gasteiger charge is 2.62. The predicted octanol–water partition coefficient (Wildman–Crippen LogP) is 3.03. The molecule has 110 valence electrons. The van der Waals surface area contributed by atoms with Crippen molar-refractivity contribution >= 4 is 11.6 Å². The number of alkyl halides is 5. The Bertz CT molecular complexity index is 505. The van der Waals surface area contributed by atoms with Gasteiger partial charge in [-0.15, -0.1) is 0 Å². The largest absolute Gasteiger partial charge is 0.497 e. The van der Waals surface area contributed by atoms with Crippen molar-refractivity contribution in [1.29, 1.82) is 0 Å². The summed E-state index contributed by atoms with van der Waals surface area (Å²) in [5.41, 5.74) is -0.155. The van der Waals surface area contributed by atoms with Crippen LogP contribution < -0.4 is 4.74 Å². The van der Waals surface area contributed by atoms with Crippen molar-refractivity contribution in [2.75, 3.05) is 7.11 Å². The van der Waals surface area contributed by atoms with Crippen molar-refractivity contribution in [3.05, 3.63) is 29.8 Å². The molecule has 20 heavy (non-hydrogen) atoms. The number of ketones is 2. The molecule has 0 spiro atoms. The second-order valence-corrected chi connectivity index (χ2v) is 3.82. The lowest BCUT2D eigenvalue weighted by Gasteiger charge is -2.17. The minimum atomic E-state index is -6.01. The lowest BCUT2D eigenvalue weighted by molar-refractivity contribution is -0.268. The molecule has 1 rings (SSSR count). The van der Waals surface area contributed by atoms with E-state index in [4.69, 9.17) is 4.74 Å². The number of halogens is 5. The van der Waals surface area contributed by atoms with E-state index in [0.717, 1.165) is 0 Å². The highest BCUT2D eigenvalue weighted by Crippen LogP contribution is 2.37. The quantitative estimate of drug-likeness (QED) is 0.476. The molecular formula is C12H9F5O3. The number of benzene rings is 1. The Morgan fingerprint density at radius 2 is 1.55 bits per heavy atom. The zero-order chi connectivity index (χ0) is 15.6. The van der Waals surface area contributed by atoms with E-state index in [0.29, 0.717) is 5.75 Å². The summed E-state index contributed by atoms with van der Waals surface area (Å²) in [5.74, 6) is -8.77. The molecule has 0 fully saturated rings. The Morgan fingerprint density at radius 3 is 1.95 bits per heavy atom. The van der Waals surface area contributed by atoms with E-state index in [9.17, 15) is 31.5 Å². The van der Waals surface area contributed by atoms with Gasteiger partial charge in [0.15, 0.2) is 5.78 Å². The molecule has 0 bridgehead atoms. The van der Waals surface area contributed by atoms with Crippen LogP contribution in [0.5, 0.6) is 5.75 Å². The number of rotatable bonds is 5. The summed E-state index contributed by atoms with van der Waals surface area (Å²) in [6.07, 6.45) is -7.54. The average molecular weight is 296 g/mol. The van der Waals surface area contributed by atoms with E-state index < -0.39 is 30.1 Å². The van der Waals surface area contributed by atoms with Crippen LogP contribution in [0, 0.1) is 0 Å². The first-order valence-electron chi connectivity index (χ1n) is 5.24. The molecule has 1 aromatic rings. The minimum absolute atomic E-state index is 0.155. The topological polar surface area (TPSA) is 43.4 Å². The van der Waals surface area contributed by atoms with E-state index in [1.54, 1.807) is 0 Å². The number of hydrogen-bond donors (Lipinski definition) is 0. The summed E-state index contributed by atoms with van der Waals surface area (Å²) in [6.45, 7) is 0. The number of methoxy groups -OCH3 is 1. The van der Waals surface area contributed by atoms with Gasteiger partial charge in [-0.3, -0.25) is 9.59 Å². The zero-order valence-corrected chi connectivity index (χ0v) is 10.1. The van der Waals surface area contributed by atoms with Crippen LogP contribution in [0.2, 0.25) is 0 Å².